The van der Waals surface area contributed by atoms with Crippen LogP contribution < -0.4 is 10.2 Å². The Kier molecular flexibility index (Phi) is 7.53. The number of guanidine groups is 1. The molecule has 1 N–H and O–H groups in total. The summed E-state index contributed by atoms with van der Waals surface area (Å²) in [4.78, 5) is 20.9. The van der Waals surface area contributed by atoms with Crippen LogP contribution >= 0.6 is 24.0 Å². The Bertz CT molecular complexity index is 665. The van der Waals surface area contributed by atoms with Gasteiger partial charge in [0.15, 0.2) is 5.96 Å². The first-order valence-electron chi connectivity index (χ1n) is 9.65. The van der Waals surface area contributed by atoms with Crippen molar-refractivity contribution in [3.63, 3.8) is 0 Å². The van der Waals surface area contributed by atoms with Crippen LogP contribution in [0.5, 0.6) is 0 Å². The lowest BCUT2D eigenvalue weighted by Crippen LogP contribution is -2.56. The largest absolute Gasteiger partial charge is 0.356 e. The highest BCUT2D eigenvalue weighted by Crippen LogP contribution is 2.39. The van der Waals surface area contributed by atoms with E-state index in [1.165, 1.54) is 25.7 Å². The molecule has 1 saturated carbocycles. The van der Waals surface area contributed by atoms with Crippen molar-refractivity contribution < 1.29 is 4.79 Å². The molecule has 3 rings (SSSR count). The lowest BCUT2D eigenvalue weighted by atomic mass is 9.78. The smallest absolute Gasteiger partial charge is 0.246 e. The maximum atomic E-state index is 12.6. The third kappa shape index (κ3) is 5.14. The lowest BCUT2D eigenvalue weighted by molar-refractivity contribution is -0.120. The maximum absolute atomic E-state index is 12.6. The number of carbonyl (C=O) groups is 1. The first kappa shape index (κ1) is 22.0. The molecule has 27 heavy (non-hydrogen) atoms. The van der Waals surface area contributed by atoms with Gasteiger partial charge in [0.05, 0.1) is 11.9 Å². The van der Waals surface area contributed by atoms with E-state index in [-0.39, 0.29) is 35.3 Å². The summed E-state index contributed by atoms with van der Waals surface area (Å²) in [6.45, 7) is 7.34. The Balaban J connectivity index is 0.00000261. The second-order valence-corrected chi connectivity index (χ2v) is 8.21. The van der Waals surface area contributed by atoms with Crippen LogP contribution in [0.15, 0.2) is 17.4 Å². The standard InChI is InChI=1S/C19H32N6O.HI/c1-19(2,15-7-5-6-8-15)14-21-18(20-3)24-9-10-25(17(26)13-24)16-11-22-23(4)12-16;/h11-12,15H,5-10,13-14H2,1-4H3,(H,20,21);1H. The SMILES string of the molecule is CN=C(NCC(C)(C)C1CCCC1)N1CCN(c2cnn(C)c2)C(=O)C1.I. The minimum atomic E-state index is 0. The van der Waals surface area contributed by atoms with E-state index in [0.29, 0.717) is 13.1 Å². The zero-order valence-electron chi connectivity index (χ0n) is 16.9. The van der Waals surface area contributed by atoms with E-state index >= 15 is 0 Å². The molecule has 2 fully saturated rings. The summed E-state index contributed by atoms with van der Waals surface area (Å²) in [7, 11) is 3.66. The summed E-state index contributed by atoms with van der Waals surface area (Å²) < 4.78 is 1.72. The normalized spacial score (nSPS) is 19.4. The van der Waals surface area contributed by atoms with E-state index in [2.05, 4.69) is 34.2 Å². The highest BCUT2D eigenvalue weighted by molar-refractivity contribution is 14.0. The van der Waals surface area contributed by atoms with E-state index in [4.69, 9.17) is 0 Å². The lowest BCUT2D eigenvalue weighted by Gasteiger charge is -2.37. The molecule has 1 aromatic heterocycles. The van der Waals surface area contributed by atoms with Gasteiger partial charge in [0.2, 0.25) is 5.91 Å². The number of amides is 1. The predicted octanol–water partition coefficient (Wildman–Crippen LogP) is 2.48. The van der Waals surface area contributed by atoms with Crippen molar-refractivity contribution in [2.24, 2.45) is 23.4 Å². The second kappa shape index (κ2) is 9.25. The van der Waals surface area contributed by atoms with Crippen molar-refractivity contribution in [1.29, 1.82) is 0 Å². The Morgan fingerprint density at radius 2 is 2.04 bits per heavy atom. The Labute approximate surface area is 179 Å². The van der Waals surface area contributed by atoms with E-state index in [1.807, 2.05) is 13.2 Å². The number of nitrogens with one attached hydrogen (secondary N) is 1. The Morgan fingerprint density at radius 1 is 1.33 bits per heavy atom. The van der Waals surface area contributed by atoms with Crippen molar-refractivity contribution in [1.82, 2.24) is 20.0 Å². The van der Waals surface area contributed by atoms with Gasteiger partial charge < -0.3 is 15.1 Å². The zero-order chi connectivity index (χ0) is 18.7. The summed E-state index contributed by atoms with van der Waals surface area (Å²) in [6.07, 6.45) is 8.99. The number of hydrogen-bond donors (Lipinski definition) is 1. The van der Waals surface area contributed by atoms with Crippen LogP contribution in [0.2, 0.25) is 0 Å². The number of halogens is 1. The van der Waals surface area contributed by atoms with Crippen LogP contribution in [0.25, 0.3) is 0 Å². The van der Waals surface area contributed by atoms with Crippen LogP contribution in [0, 0.1) is 11.3 Å². The van der Waals surface area contributed by atoms with Crippen molar-refractivity contribution in [2.75, 3.05) is 38.1 Å². The number of aromatic nitrogens is 2. The van der Waals surface area contributed by atoms with E-state index < -0.39 is 0 Å². The summed E-state index contributed by atoms with van der Waals surface area (Å²) >= 11 is 0. The minimum absolute atomic E-state index is 0. The van der Waals surface area contributed by atoms with Crippen molar-refractivity contribution >= 4 is 41.5 Å². The number of piperazine rings is 1. The van der Waals surface area contributed by atoms with Crippen LogP contribution in [0.4, 0.5) is 5.69 Å². The maximum Gasteiger partial charge on any atom is 0.246 e. The van der Waals surface area contributed by atoms with Gasteiger partial charge in [-0.15, -0.1) is 24.0 Å². The number of nitrogens with zero attached hydrogens (tertiary/aromatic N) is 5. The Hall–Kier alpha value is -1.32. The summed E-state index contributed by atoms with van der Waals surface area (Å²) in [5.74, 6) is 1.69. The van der Waals surface area contributed by atoms with Crippen LogP contribution in [0.1, 0.15) is 39.5 Å². The monoisotopic (exact) mass is 488 g/mol. The minimum Gasteiger partial charge on any atom is -0.356 e. The van der Waals surface area contributed by atoms with E-state index in [9.17, 15) is 4.79 Å². The van der Waals surface area contributed by atoms with Gasteiger partial charge in [-0.05, 0) is 24.2 Å². The van der Waals surface area contributed by atoms with Gasteiger partial charge >= 0.3 is 0 Å². The molecule has 1 saturated heterocycles. The first-order valence-corrected chi connectivity index (χ1v) is 9.65. The molecule has 2 aliphatic rings. The molecular weight excluding hydrogens is 455 g/mol. The summed E-state index contributed by atoms with van der Waals surface area (Å²) in [5, 5.41) is 7.69. The quantitative estimate of drug-likeness (QED) is 0.402. The van der Waals surface area contributed by atoms with Gasteiger partial charge in [0.1, 0.15) is 6.54 Å². The van der Waals surface area contributed by atoms with Gasteiger partial charge in [-0.25, -0.2) is 0 Å². The van der Waals surface area contributed by atoms with Crippen molar-refractivity contribution in [3.8, 4) is 0 Å². The highest BCUT2D eigenvalue weighted by Gasteiger charge is 2.33. The molecule has 1 aliphatic carbocycles. The average molecular weight is 488 g/mol. The molecule has 0 atom stereocenters. The summed E-state index contributed by atoms with van der Waals surface area (Å²) in [6, 6.07) is 0. The topological polar surface area (TPSA) is 65.8 Å². The van der Waals surface area contributed by atoms with Crippen LogP contribution in [0.3, 0.4) is 0 Å². The highest BCUT2D eigenvalue weighted by atomic mass is 127. The number of rotatable bonds is 4. The molecule has 0 aromatic carbocycles. The van der Waals surface area contributed by atoms with Gasteiger partial charge in [-0.1, -0.05) is 26.7 Å². The van der Waals surface area contributed by atoms with Gasteiger partial charge in [-0.3, -0.25) is 14.5 Å². The second-order valence-electron chi connectivity index (χ2n) is 8.21. The Morgan fingerprint density at radius 3 is 2.59 bits per heavy atom. The van der Waals surface area contributed by atoms with Crippen molar-refractivity contribution in [2.45, 2.75) is 39.5 Å². The van der Waals surface area contributed by atoms with E-state index in [0.717, 1.165) is 30.7 Å². The fourth-order valence-electron chi connectivity index (χ4n) is 4.17. The van der Waals surface area contributed by atoms with Crippen LogP contribution in [-0.4, -0.2) is 59.8 Å². The molecule has 1 aliphatic heterocycles. The van der Waals surface area contributed by atoms with Gasteiger partial charge in [-0.2, -0.15) is 5.10 Å². The molecular formula is C19H33IN6O. The third-order valence-electron chi connectivity index (χ3n) is 5.90. The third-order valence-corrected chi connectivity index (χ3v) is 5.90. The average Bonchev–Trinajstić information content (AvgIpc) is 3.27. The van der Waals surface area contributed by atoms with Crippen LogP contribution in [-0.2, 0) is 11.8 Å². The molecule has 1 amide bonds. The first-order chi connectivity index (χ1) is 12.4. The predicted molar refractivity (Wildman–Crippen MR) is 120 cm³/mol. The number of carbonyl (C=O) groups excluding carboxylic acids is 1. The molecule has 152 valence electrons. The fraction of sp³-hybridized carbons (Fsp3) is 0.737. The molecule has 2 heterocycles. The van der Waals surface area contributed by atoms with Crippen molar-refractivity contribution in [3.05, 3.63) is 12.4 Å². The number of hydrogen-bond acceptors (Lipinski definition) is 3. The number of aryl methyl sites for hydroxylation is 1. The molecule has 0 radical (unpaired) electrons. The number of anilines is 1. The summed E-state index contributed by atoms with van der Waals surface area (Å²) in [5.41, 5.74) is 1.11. The van der Waals surface area contributed by atoms with Gasteiger partial charge in [0.25, 0.3) is 0 Å². The molecule has 0 bridgehead atoms. The molecule has 0 unspecified atom stereocenters. The fourth-order valence-corrected chi connectivity index (χ4v) is 4.17. The zero-order valence-corrected chi connectivity index (χ0v) is 19.3. The molecule has 0 spiro atoms. The number of aliphatic imine (C=N–C) groups is 1. The molecule has 7 nitrogen and oxygen atoms in total. The molecule has 8 heteroatoms. The van der Waals surface area contributed by atoms with E-state index in [1.54, 1.807) is 22.8 Å². The van der Waals surface area contributed by atoms with Gasteiger partial charge in [0, 0.05) is 39.9 Å². The molecule has 1 aromatic rings.